The molecule has 0 spiro atoms. The van der Waals surface area contributed by atoms with Crippen molar-refractivity contribution < 1.29 is 9.84 Å². The van der Waals surface area contributed by atoms with Crippen LogP contribution in [0.15, 0.2) is 0 Å². The van der Waals surface area contributed by atoms with Gasteiger partial charge in [0.05, 0.1) is 12.7 Å². The van der Waals surface area contributed by atoms with Crippen LogP contribution in [0.2, 0.25) is 0 Å². The molecule has 0 aromatic carbocycles. The van der Waals surface area contributed by atoms with Crippen LogP contribution < -0.4 is 0 Å². The van der Waals surface area contributed by atoms with Gasteiger partial charge in [0.25, 0.3) is 0 Å². The molecule has 0 radical (unpaired) electrons. The first kappa shape index (κ1) is 15.4. The molecule has 0 aliphatic carbocycles. The first-order chi connectivity index (χ1) is 6.91. The van der Waals surface area contributed by atoms with Gasteiger partial charge in [-0.25, -0.2) is 0 Å². The Balaban J connectivity index is 3.73. The molecule has 3 heteroatoms. The third-order valence-electron chi connectivity index (χ3n) is 2.58. The summed E-state index contributed by atoms with van der Waals surface area (Å²) in [7, 11) is 0. The summed E-state index contributed by atoms with van der Waals surface area (Å²) in [6.45, 7) is 9.62. The van der Waals surface area contributed by atoms with Crippen molar-refractivity contribution in [3.05, 3.63) is 0 Å². The van der Waals surface area contributed by atoms with Crippen LogP contribution in [0.1, 0.15) is 40.5 Å². The van der Waals surface area contributed by atoms with Gasteiger partial charge in [0.2, 0.25) is 0 Å². The van der Waals surface area contributed by atoms with E-state index in [1.54, 1.807) is 0 Å². The molecule has 0 saturated carbocycles. The number of hydrogen-bond donors (Lipinski definition) is 1. The lowest BCUT2D eigenvalue weighted by molar-refractivity contribution is -0.0449. The number of halogens is 1. The lowest BCUT2D eigenvalue weighted by Gasteiger charge is -2.32. The van der Waals surface area contributed by atoms with E-state index in [9.17, 15) is 5.11 Å². The number of hydrogen-bond acceptors (Lipinski definition) is 2. The number of unbranched alkanes of at least 4 members (excludes halogenated alkanes) is 1. The number of ether oxygens (including phenoxy) is 1. The van der Waals surface area contributed by atoms with Crippen LogP contribution in [-0.2, 0) is 4.74 Å². The van der Waals surface area contributed by atoms with Crippen LogP contribution in [0.25, 0.3) is 0 Å². The van der Waals surface area contributed by atoms with E-state index in [-0.39, 0.29) is 17.4 Å². The van der Waals surface area contributed by atoms with Gasteiger partial charge < -0.3 is 9.84 Å². The minimum atomic E-state index is -0.298. The second-order valence-electron chi connectivity index (χ2n) is 5.13. The molecule has 92 valence electrons. The van der Waals surface area contributed by atoms with Crippen LogP contribution in [0, 0.1) is 11.3 Å². The Labute approximate surface area is 103 Å². The van der Waals surface area contributed by atoms with Crippen LogP contribution in [0.5, 0.6) is 0 Å². The number of alkyl halides is 1. The highest BCUT2D eigenvalue weighted by molar-refractivity contribution is 9.09. The molecule has 0 aromatic rings. The Kier molecular flexibility index (Phi) is 7.84. The average Bonchev–Trinajstić information content (AvgIpc) is 2.16. The van der Waals surface area contributed by atoms with Crippen molar-refractivity contribution >= 4 is 15.9 Å². The monoisotopic (exact) mass is 280 g/mol. The highest BCUT2D eigenvalue weighted by atomic mass is 79.9. The van der Waals surface area contributed by atoms with E-state index >= 15 is 0 Å². The molecule has 15 heavy (non-hydrogen) atoms. The highest BCUT2D eigenvalue weighted by Crippen LogP contribution is 2.26. The Bertz CT molecular complexity index is 158. The van der Waals surface area contributed by atoms with Gasteiger partial charge in [0.15, 0.2) is 0 Å². The summed E-state index contributed by atoms with van der Waals surface area (Å²) < 4.78 is 5.59. The van der Waals surface area contributed by atoms with E-state index in [1.807, 2.05) is 13.8 Å². The normalized spacial score (nSPS) is 14.6. The molecule has 0 aromatic heterocycles. The molecule has 2 nitrogen and oxygen atoms in total. The SMILES string of the molecule is CC(C)C(O)C(C)(C)COCCCCBr. The molecule has 0 heterocycles. The van der Waals surface area contributed by atoms with Crippen LogP contribution in [0.4, 0.5) is 0 Å². The van der Waals surface area contributed by atoms with Crippen molar-refractivity contribution in [3.8, 4) is 0 Å². The van der Waals surface area contributed by atoms with Crippen LogP contribution in [0.3, 0.4) is 0 Å². The molecule has 0 rings (SSSR count). The predicted molar refractivity (Wildman–Crippen MR) is 68.5 cm³/mol. The third kappa shape index (κ3) is 6.54. The predicted octanol–water partition coefficient (Wildman–Crippen LogP) is 3.22. The van der Waals surface area contributed by atoms with Crippen molar-refractivity contribution in [3.63, 3.8) is 0 Å². The fourth-order valence-corrected chi connectivity index (χ4v) is 2.02. The zero-order valence-electron chi connectivity index (χ0n) is 10.4. The van der Waals surface area contributed by atoms with Crippen molar-refractivity contribution in [2.24, 2.45) is 11.3 Å². The zero-order valence-corrected chi connectivity index (χ0v) is 12.0. The summed E-state index contributed by atoms with van der Waals surface area (Å²) >= 11 is 3.39. The van der Waals surface area contributed by atoms with Crippen molar-refractivity contribution in [2.45, 2.75) is 46.6 Å². The third-order valence-corrected chi connectivity index (χ3v) is 3.14. The molecule has 0 aliphatic rings. The maximum Gasteiger partial charge on any atom is 0.0636 e. The van der Waals surface area contributed by atoms with E-state index in [0.29, 0.717) is 6.61 Å². The molecule has 0 amide bonds. The molecule has 1 atom stereocenters. The van der Waals surface area contributed by atoms with E-state index in [4.69, 9.17) is 4.74 Å². The summed E-state index contributed by atoms with van der Waals surface area (Å²) in [5, 5.41) is 11.0. The molecule has 1 unspecified atom stereocenters. The minimum Gasteiger partial charge on any atom is -0.392 e. The van der Waals surface area contributed by atoms with Crippen molar-refractivity contribution in [2.75, 3.05) is 18.5 Å². The summed E-state index contributed by atoms with van der Waals surface area (Å²) in [6, 6.07) is 0. The quantitative estimate of drug-likeness (QED) is 0.547. The summed E-state index contributed by atoms with van der Waals surface area (Å²) in [4.78, 5) is 0. The second kappa shape index (κ2) is 7.64. The lowest BCUT2D eigenvalue weighted by atomic mass is 9.81. The van der Waals surface area contributed by atoms with Gasteiger partial charge in [0, 0.05) is 17.4 Å². The summed E-state index contributed by atoms with van der Waals surface area (Å²) in [5.74, 6) is 0.283. The largest absolute Gasteiger partial charge is 0.392 e. The number of aliphatic hydroxyl groups excluding tert-OH is 1. The van der Waals surface area contributed by atoms with Gasteiger partial charge >= 0.3 is 0 Å². The number of aliphatic hydroxyl groups is 1. The Hall–Kier alpha value is 0.400. The van der Waals surface area contributed by atoms with E-state index in [0.717, 1.165) is 24.8 Å². The molecular weight excluding hydrogens is 256 g/mol. The van der Waals surface area contributed by atoms with Crippen LogP contribution >= 0.6 is 15.9 Å². The second-order valence-corrected chi connectivity index (χ2v) is 5.92. The average molecular weight is 281 g/mol. The van der Waals surface area contributed by atoms with Crippen molar-refractivity contribution in [1.29, 1.82) is 0 Å². The van der Waals surface area contributed by atoms with E-state index in [2.05, 4.69) is 29.8 Å². The Morgan fingerprint density at radius 2 is 1.87 bits per heavy atom. The standard InChI is InChI=1S/C12H25BrO2/c1-10(2)11(14)12(3,4)9-15-8-6-5-7-13/h10-11,14H,5-9H2,1-4H3. The molecule has 1 N–H and O–H groups in total. The van der Waals surface area contributed by atoms with Crippen molar-refractivity contribution in [1.82, 2.24) is 0 Å². The summed E-state index contributed by atoms with van der Waals surface area (Å²) in [6.07, 6.45) is 1.93. The van der Waals surface area contributed by atoms with Gasteiger partial charge in [-0.15, -0.1) is 0 Å². The molecular formula is C12H25BrO2. The van der Waals surface area contributed by atoms with Gasteiger partial charge in [-0.3, -0.25) is 0 Å². The maximum absolute atomic E-state index is 9.97. The first-order valence-electron chi connectivity index (χ1n) is 5.73. The van der Waals surface area contributed by atoms with Crippen LogP contribution in [-0.4, -0.2) is 29.8 Å². The molecule has 0 saturated heterocycles. The number of rotatable bonds is 8. The van der Waals surface area contributed by atoms with E-state index < -0.39 is 0 Å². The van der Waals surface area contributed by atoms with Gasteiger partial charge in [-0.2, -0.15) is 0 Å². The smallest absolute Gasteiger partial charge is 0.0636 e. The zero-order chi connectivity index (χ0) is 11.9. The Morgan fingerprint density at radius 1 is 1.27 bits per heavy atom. The highest BCUT2D eigenvalue weighted by Gasteiger charge is 2.30. The van der Waals surface area contributed by atoms with Gasteiger partial charge in [0.1, 0.15) is 0 Å². The van der Waals surface area contributed by atoms with Gasteiger partial charge in [-0.05, 0) is 18.8 Å². The summed E-state index contributed by atoms with van der Waals surface area (Å²) in [5.41, 5.74) is -0.150. The van der Waals surface area contributed by atoms with Gasteiger partial charge in [-0.1, -0.05) is 43.6 Å². The van der Waals surface area contributed by atoms with E-state index in [1.165, 1.54) is 0 Å². The fraction of sp³-hybridized carbons (Fsp3) is 1.00. The minimum absolute atomic E-state index is 0.150. The first-order valence-corrected chi connectivity index (χ1v) is 6.85. The molecule has 0 fully saturated rings. The topological polar surface area (TPSA) is 29.5 Å². The molecule has 0 aliphatic heterocycles. The maximum atomic E-state index is 9.97. The lowest BCUT2D eigenvalue weighted by Crippen LogP contribution is -2.37. The molecule has 0 bridgehead atoms. The Morgan fingerprint density at radius 3 is 2.33 bits per heavy atom. The fourth-order valence-electron chi connectivity index (χ4n) is 1.62.